The van der Waals surface area contributed by atoms with Gasteiger partial charge in [-0.15, -0.1) is 10.2 Å². The highest BCUT2D eigenvalue weighted by Gasteiger charge is 1.99. The molecular formula is C7H10N4S. The minimum Gasteiger partial charge on any atom is -0.374 e. The van der Waals surface area contributed by atoms with E-state index in [9.17, 15) is 0 Å². The quantitative estimate of drug-likeness (QED) is 0.713. The summed E-state index contributed by atoms with van der Waals surface area (Å²) in [6.07, 6.45) is 3.42. The lowest BCUT2D eigenvalue weighted by Gasteiger charge is -1.90. The van der Waals surface area contributed by atoms with Gasteiger partial charge in [0.05, 0.1) is 6.07 Å². The van der Waals surface area contributed by atoms with E-state index in [-0.39, 0.29) is 0 Å². The first-order chi connectivity index (χ1) is 5.83. The Balaban J connectivity index is 2.21. The minimum absolute atomic E-state index is 0.519. The van der Waals surface area contributed by atoms with E-state index in [0.717, 1.165) is 24.3 Å². The second-order valence-electron chi connectivity index (χ2n) is 2.40. The lowest BCUT2D eigenvalue weighted by atomic mass is 10.2. The van der Waals surface area contributed by atoms with Crippen LogP contribution in [0.3, 0.4) is 0 Å². The molecule has 2 N–H and O–H groups in total. The predicted molar refractivity (Wildman–Crippen MR) is 47.5 cm³/mol. The van der Waals surface area contributed by atoms with Gasteiger partial charge in [-0.2, -0.15) is 5.26 Å². The second-order valence-corrected chi connectivity index (χ2v) is 3.49. The number of unbranched alkanes of at least 4 members (excludes halogenated alkanes) is 2. The largest absolute Gasteiger partial charge is 0.374 e. The SMILES string of the molecule is N#CCCCCc1nnc(N)s1. The summed E-state index contributed by atoms with van der Waals surface area (Å²) >= 11 is 1.42. The van der Waals surface area contributed by atoms with Crippen LogP contribution in [0.15, 0.2) is 0 Å². The molecule has 0 saturated carbocycles. The van der Waals surface area contributed by atoms with Crippen LogP contribution in [-0.2, 0) is 6.42 Å². The van der Waals surface area contributed by atoms with Gasteiger partial charge in [0.1, 0.15) is 5.01 Å². The van der Waals surface area contributed by atoms with E-state index in [4.69, 9.17) is 11.0 Å². The van der Waals surface area contributed by atoms with Crippen molar-refractivity contribution in [2.24, 2.45) is 0 Å². The van der Waals surface area contributed by atoms with Crippen LogP contribution < -0.4 is 5.73 Å². The van der Waals surface area contributed by atoms with Crippen LogP contribution in [0, 0.1) is 11.3 Å². The molecule has 0 aliphatic rings. The van der Waals surface area contributed by atoms with Crippen molar-refractivity contribution in [3.8, 4) is 6.07 Å². The van der Waals surface area contributed by atoms with Crippen molar-refractivity contribution in [3.63, 3.8) is 0 Å². The standard InChI is InChI=1S/C7H10N4S/c8-5-3-1-2-4-6-10-11-7(9)12-6/h1-4H2,(H2,9,11). The summed E-state index contributed by atoms with van der Waals surface area (Å²) in [5.41, 5.74) is 5.40. The van der Waals surface area contributed by atoms with E-state index in [1.54, 1.807) is 0 Å². The van der Waals surface area contributed by atoms with Gasteiger partial charge in [0.15, 0.2) is 0 Å². The van der Waals surface area contributed by atoms with Gasteiger partial charge in [0.25, 0.3) is 0 Å². The number of aromatic nitrogens is 2. The Morgan fingerprint density at radius 1 is 1.42 bits per heavy atom. The van der Waals surface area contributed by atoms with Crippen molar-refractivity contribution in [2.45, 2.75) is 25.7 Å². The Kier molecular flexibility index (Phi) is 3.48. The Morgan fingerprint density at radius 2 is 2.25 bits per heavy atom. The molecule has 64 valence electrons. The zero-order valence-electron chi connectivity index (χ0n) is 6.66. The Morgan fingerprint density at radius 3 is 2.83 bits per heavy atom. The van der Waals surface area contributed by atoms with E-state index in [2.05, 4.69) is 16.3 Å². The minimum atomic E-state index is 0.519. The fraction of sp³-hybridized carbons (Fsp3) is 0.571. The molecule has 0 amide bonds. The number of hydrogen-bond donors (Lipinski definition) is 1. The first kappa shape index (κ1) is 8.94. The number of nitrogens with two attached hydrogens (primary N) is 1. The third kappa shape index (κ3) is 2.84. The van der Waals surface area contributed by atoms with Crippen LogP contribution >= 0.6 is 11.3 Å². The molecular weight excluding hydrogens is 172 g/mol. The van der Waals surface area contributed by atoms with Crippen LogP contribution in [0.5, 0.6) is 0 Å². The van der Waals surface area contributed by atoms with Gasteiger partial charge in [-0.1, -0.05) is 11.3 Å². The Hall–Kier alpha value is -1.15. The van der Waals surface area contributed by atoms with Crippen LogP contribution in [0.2, 0.25) is 0 Å². The second kappa shape index (κ2) is 4.67. The summed E-state index contributed by atoms with van der Waals surface area (Å²) in [7, 11) is 0. The van der Waals surface area contributed by atoms with E-state index >= 15 is 0 Å². The lowest BCUT2D eigenvalue weighted by molar-refractivity contribution is 0.742. The molecule has 0 aliphatic heterocycles. The number of nitrogen functional groups attached to an aromatic ring is 1. The van der Waals surface area contributed by atoms with Crippen LogP contribution in [0.4, 0.5) is 5.13 Å². The van der Waals surface area contributed by atoms with Crippen molar-refractivity contribution in [2.75, 3.05) is 5.73 Å². The molecule has 0 radical (unpaired) electrons. The summed E-state index contributed by atoms with van der Waals surface area (Å²) in [6, 6.07) is 2.10. The van der Waals surface area contributed by atoms with Gasteiger partial charge in [0.2, 0.25) is 5.13 Å². The zero-order valence-corrected chi connectivity index (χ0v) is 7.47. The van der Waals surface area contributed by atoms with Crippen LogP contribution in [-0.4, -0.2) is 10.2 Å². The number of hydrogen-bond acceptors (Lipinski definition) is 5. The van der Waals surface area contributed by atoms with Crippen LogP contribution in [0.25, 0.3) is 0 Å². The molecule has 12 heavy (non-hydrogen) atoms. The zero-order chi connectivity index (χ0) is 8.81. The highest BCUT2D eigenvalue weighted by molar-refractivity contribution is 7.15. The first-order valence-electron chi connectivity index (χ1n) is 3.77. The van der Waals surface area contributed by atoms with Crippen molar-refractivity contribution < 1.29 is 0 Å². The van der Waals surface area contributed by atoms with E-state index in [1.165, 1.54) is 11.3 Å². The predicted octanol–water partition coefficient (Wildman–Crippen LogP) is 1.36. The summed E-state index contributed by atoms with van der Waals surface area (Å²) < 4.78 is 0. The molecule has 1 aromatic heterocycles. The van der Waals surface area contributed by atoms with Crippen LogP contribution in [0.1, 0.15) is 24.3 Å². The molecule has 0 aromatic carbocycles. The Labute approximate surface area is 75.0 Å². The molecule has 0 spiro atoms. The van der Waals surface area contributed by atoms with Crippen molar-refractivity contribution >= 4 is 16.5 Å². The molecule has 1 rings (SSSR count). The summed E-state index contributed by atoms with van der Waals surface area (Å²) in [6.45, 7) is 0. The molecule has 5 heteroatoms. The number of rotatable bonds is 4. The molecule has 0 aliphatic carbocycles. The number of nitrogens with zero attached hydrogens (tertiary/aromatic N) is 3. The molecule has 0 fully saturated rings. The molecule has 1 aromatic rings. The van der Waals surface area contributed by atoms with E-state index in [0.29, 0.717) is 11.6 Å². The molecule has 4 nitrogen and oxygen atoms in total. The molecule has 0 unspecified atom stereocenters. The van der Waals surface area contributed by atoms with E-state index < -0.39 is 0 Å². The summed E-state index contributed by atoms with van der Waals surface area (Å²) in [4.78, 5) is 0. The Bertz CT molecular complexity index is 275. The van der Waals surface area contributed by atoms with Crippen molar-refractivity contribution in [1.82, 2.24) is 10.2 Å². The third-order valence-corrected chi connectivity index (χ3v) is 2.22. The van der Waals surface area contributed by atoms with Crippen molar-refractivity contribution in [3.05, 3.63) is 5.01 Å². The highest BCUT2D eigenvalue weighted by Crippen LogP contribution is 2.13. The summed E-state index contributed by atoms with van der Waals surface area (Å²) in [5.74, 6) is 0. The summed E-state index contributed by atoms with van der Waals surface area (Å²) in [5, 5.41) is 17.3. The first-order valence-corrected chi connectivity index (χ1v) is 4.59. The number of anilines is 1. The van der Waals surface area contributed by atoms with E-state index in [1.807, 2.05) is 0 Å². The monoisotopic (exact) mass is 182 g/mol. The fourth-order valence-corrected chi connectivity index (χ4v) is 1.50. The maximum absolute atomic E-state index is 8.27. The number of aryl methyl sites for hydroxylation is 1. The van der Waals surface area contributed by atoms with Gasteiger partial charge < -0.3 is 5.73 Å². The lowest BCUT2D eigenvalue weighted by Crippen LogP contribution is -1.84. The van der Waals surface area contributed by atoms with Gasteiger partial charge in [-0.25, -0.2) is 0 Å². The van der Waals surface area contributed by atoms with Gasteiger partial charge in [0, 0.05) is 12.8 Å². The third-order valence-electron chi connectivity index (χ3n) is 1.41. The maximum Gasteiger partial charge on any atom is 0.203 e. The molecule has 0 bridgehead atoms. The molecule has 0 atom stereocenters. The van der Waals surface area contributed by atoms with Crippen molar-refractivity contribution in [1.29, 1.82) is 5.26 Å². The molecule has 1 heterocycles. The average molecular weight is 182 g/mol. The number of nitriles is 1. The average Bonchev–Trinajstić information content (AvgIpc) is 2.45. The fourth-order valence-electron chi connectivity index (χ4n) is 0.848. The van der Waals surface area contributed by atoms with Gasteiger partial charge in [-0.05, 0) is 12.8 Å². The topological polar surface area (TPSA) is 75.6 Å². The molecule has 0 saturated heterocycles. The highest BCUT2D eigenvalue weighted by atomic mass is 32.1. The smallest absolute Gasteiger partial charge is 0.203 e. The maximum atomic E-state index is 8.27. The van der Waals surface area contributed by atoms with Gasteiger partial charge in [-0.3, -0.25) is 0 Å². The van der Waals surface area contributed by atoms with Gasteiger partial charge >= 0.3 is 0 Å². The normalized spacial score (nSPS) is 9.58.